The molecule has 0 bridgehead atoms. The lowest BCUT2D eigenvalue weighted by Gasteiger charge is -2.04. The molecule has 0 saturated heterocycles. The Morgan fingerprint density at radius 1 is 1.13 bits per heavy atom. The molecule has 0 radical (unpaired) electrons. The molecule has 2 heterocycles. The average molecular weight is 202 g/mol. The molecule has 2 aromatic rings. The highest BCUT2D eigenvalue weighted by Crippen LogP contribution is 2.23. The van der Waals surface area contributed by atoms with Gasteiger partial charge in [0.1, 0.15) is 0 Å². The third-order valence-electron chi connectivity index (χ3n) is 1.89. The summed E-state index contributed by atoms with van der Waals surface area (Å²) in [6.07, 6.45) is 4.74. The summed E-state index contributed by atoms with van der Waals surface area (Å²) in [7, 11) is 1.55. The average Bonchev–Trinajstić information content (AvgIpc) is 2.30. The first-order valence-electron chi connectivity index (χ1n) is 4.38. The highest BCUT2D eigenvalue weighted by Gasteiger charge is 2.08. The zero-order chi connectivity index (χ0) is 10.7. The van der Waals surface area contributed by atoms with Gasteiger partial charge >= 0.3 is 0 Å². The molecule has 15 heavy (non-hydrogen) atoms. The van der Waals surface area contributed by atoms with Crippen LogP contribution in [-0.2, 0) is 0 Å². The van der Waals surface area contributed by atoms with Crippen LogP contribution < -0.4 is 10.5 Å². The van der Waals surface area contributed by atoms with Crippen molar-refractivity contribution in [1.29, 1.82) is 0 Å². The Hall–Kier alpha value is -2.17. The van der Waals surface area contributed by atoms with Crippen molar-refractivity contribution in [3.8, 4) is 17.3 Å². The fraction of sp³-hybridized carbons (Fsp3) is 0.100. The number of rotatable bonds is 2. The maximum absolute atomic E-state index is 5.55. The monoisotopic (exact) mass is 202 g/mol. The number of aromatic nitrogens is 3. The van der Waals surface area contributed by atoms with Crippen molar-refractivity contribution in [2.24, 2.45) is 0 Å². The Labute approximate surface area is 87.0 Å². The van der Waals surface area contributed by atoms with Gasteiger partial charge in [-0.1, -0.05) is 0 Å². The summed E-state index contributed by atoms with van der Waals surface area (Å²) in [5.74, 6) is 0.453. The largest absolute Gasteiger partial charge is 0.479 e. The van der Waals surface area contributed by atoms with Gasteiger partial charge in [-0.15, -0.1) is 0 Å². The van der Waals surface area contributed by atoms with Crippen LogP contribution >= 0.6 is 0 Å². The molecule has 0 spiro atoms. The Bertz CT molecular complexity index is 455. The molecular formula is C10H10N4O. The first-order valence-corrected chi connectivity index (χ1v) is 4.38. The number of nitrogen functional groups attached to an aromatic ring is 1. The second-order valence-corrected chi connectivity index (χ2v) is 2.89. The molecule has 5 nitrogen and oxygen atoms in total. The van der Waals surface area contributed by atoms with Gasteiger partial charge in [-0.05, 0) is 12.1 Å². The molecule has 0 amide bonds. The number of nitrogens with zero attached hydrogens (tertiary/aromatic N) is 3. The first kappa shape index (κ1) is 9.39. The van der Waals surface area contributed by atoms with Gasteiger partial charge in [-0.3, -0.25) is 4.98 Å². The number of pyridine rings is 1. The lowest BCUT2D eigenvalue weighted by Crippen LogP contribution is -1.96. The van der Waals surface area contributed by atoms with Crippen LogP contribution in [0.1, 0.15) is 0 Å². The van der Waals surface area contributed by atoms with E-state index >= 15 is 0 Å². The third kappa shape index (κ3) is 1.85. The normalized spacial score (nSPS) is 9.93. The van der Waals surface area contributed by atoms with E-state index in [1.165, 1.54) is 0 Å². The van der Waals surface area contributed by atoms with E-state index in [1.807, 2.05) is 0 Å². The summed E-state index contributed by atoms with van der Waals surface area (Å²) in [5.41, 5.74) is 7.46. The van der Waals surface area contributed by atoms with Crippen LogP contribution in [-0.4, -0.2) is 22.1 Å². The van der Waals surface area contributed by atoms with E-state index < -0.39 is 0 Å². The Morgan fingerprint density at radius 2 is 1.93 bits per heavy atom. The van der Waals surface area contributed by atoms with E-state index in [1.54, 1.807) is 37.8 Å². The number of anilines is 1. The summed E-state index contributed by atoms with van der Waals surface area (Å²) in [5, 5.41) is 0. The highest BCUT2D eigenvalue weighted by atomic mass is 16.5. The first-order chi connectivity index (χ1) is 7.31. The second-order valence-electron chi connectivity index (χ2n) is 2.89. The number of hydrogen-bond acceptors (Lipinski definition) is 5. The number of nitrogens with two attached hydrogens (primary N) is 1. The summed E-state index contributed by atoms with van der Waals surface area (Å²) in [4.78, 5) is 12.3. The SMILES string of the molecule is COc1nccnc1-c1ccc(N)cn1. The Balaban J connectivity index is 2.49. The predicted molar refractivity (Wildman–Crippen MR) is 56.2 cm³/mol. The van der Waals surface area contributed by atoms with Crippen molar-refractivity contribution in [3.63, 3.8) is 0 Å². The summed E-state index contributed by atoms with van der Waals surface area (Å²) in [6, 6.07) is 3.54. The standard InChI is InChI=1S/C10H10N4O/c1-15-10-9(12-4-5-13-10)8-3-2-7(11)6-14-8/h2-6H,11H2,1H3. The molecular weight excluding hydrogens is 192 g/mol. The van der Waals surface area contributed by atoms with Crippen LogP contribution in [0.2, 0.25) is 0 Å². The van der Waals surface area contributed by atoms with Crippen LogP contribution in [0.4, 0.5) is 5.69 Å². The van der Waals surface area contributed by atoms with E-state index in [9.17, 15) is 0 Å². The molecule has 0 unspecified atom stereocenters. The summed E-state index contributed by atoms with van der Waals surface area (Å²) >= 11 is 0. The molecule has 0 aliphatic carbocycles. The minimum atomic E-state index is 0.453. The molecule has 76 valence electrons. The third-order valence-corrected chi connectivity index (χ3v) is 1.89. The molecule has 0 aliphatic heterocycles. The number of hydrogen-bond donors (Lipinski definition) is 1. The quantitative estimate of drug-likeness (QED) is 0.790. The van der Waals surface area contributed by atoms with Gasteiger partial charge < -0.3 is 10.5 Å². The van der Waals surface area contributed by atoms with Crippen LogP contribution in [0.15, 0.2) is 30.7 Å². The molecule has 5 heteroatoms. The lowest BCUT2D eigenvalue weighted by atomic mass is 10.2. The van der Waals surface area contributed by atoms with Crippen LogP contribution in [0, 0.1) is 0 Å². The van der Waals surface area contributed by atoms with Gasteiger partial charge in [-0.25, -0.2) is 9.97 Å². The molecule has 0 aromatic carbocycles. The highest BCUT2D eigenvalue weighted by molar-refractivity contribution is 5.61. The maximum Gasteiger partial charge on any atom is 0.241 e. The van der Waals surface area contributed by atoms with Crippen molar-refractivity contribution in [2.75, 3.05) is 12.8 Å². The lowest BCUT2D eigenvalue weighted by molar-refractivity contribution is 0.397. The van der Waals surface area contributed by atoms with Crippen LogP contribution in [0.25, 0.3) is 11.4 Å². The van der Waals surface area contributed by atoms with Crippen molar-refractivity contribution < 1.29 is 4.74 Å². The number of methoxy groups -OCH3 is 1. The summed E-state index contributed by atoms with van der Waals surface area (Å²) in [6.45, 7) is 0. The minimum absolute atomic E-state index is 0.453. The number of ether oxygens (including phenoxy) is 1. The van der Waals surface area contributed by atoms with Gasteiger partial charge in [0.2, 0.25) is 5.88 Å². The molecule has 0 atom stereocenters. The van der Waals surface area contributed by atoms with Crippen LogP contribution in [0.3, 0.4) is 0 Å². The Morgan fingerprint density at radius 3 is 2.60 bits per heavy atom. The van der Waals surface area contributed by atoms with Gasteiger partial charge in [0.15, 0.2) is 5.69 Å². The van der Waals surface area contributed by atoms with Gasteiger partial charge in [0.25, 0.3) is 0 Å². The molecule has 0 aliphatic rings. The smallest absolute Gasteiger partial charge is 0.241 e. The van der Waals surface area contributed by atoms with Crippen LogP contribution in [0.5, 0.6) is 5.88 Å². The second kappa shape index (κ2) is 3.91. The Kier molecular flexibility index (Phi) is 2.45. The molecule has 0 fully saturated rings. The van der Waals surface area contributed by atoms with E-state index in [4.69, 9.17) is 10.5 Å². The summed E-state index contributed by atoms with van der Waals surface area (Å²) < 4.78 is 5.09. The van der Waals surface area contributed by atoms with E-state index in [0.717, 1.165) is 0 Å². The van der Waals surface area contributed by atoms with Gasteiger partial charge in [0.05, 0.1) is 24.7 Å². The fourth-order valence-electron chi connectivity index (χ4n) is 1.20. The van der Waals surface area contributed by atoms with Crippen molar-refractivity contribution in [1.82, 2.24) is 15.0 Å². The van der Waals surface area contributed by atoms with E-state index in [-0.39, 0.29) is 0 Å². The molecule has 2 aromatic heterocycles. The minimum Gasteiger partial charge on any atom is -0.479 e. The van der Waals surface area contributed by atoms with Gasteiger partial charge in [0, 0.05) is 12.4 Å². The molecule has 0 saturated carbocycles. The van der Waals surface area contributed by atoms with E-state index in [2.05, 4.69) is 15.0 Å². The maximum atomic E-state index is 5.55. The van der Waals surface area contributed by atoms with Crippen molar-refractivity contribution in [3.05, 3.63) is 30.7 Å². The van der Waals surface area contributed by atoms with Gasteiger partial charge in [-0.2, -0.15) is 0 Å². The fourth-order valence-corrected chi connectivity index (χ4v) is 1.20. The van der Waals surface area contributed by atoms with Crippen molar-refractivity contribution in [2.45, 2.75) is 0 Å². The molecule has 2 N–H and O–H groups in total. The van der Waals surface area contributed by atoms with E-state index in [0.29, 0.717) is 23.0 Å². The predicted octanol–water partition coefficient (Wildman–Crippen LogP) is 1.13. The topological polar surface area (TPSA) is 73.9 Å². The zero-order valence-corrected chi connectivity index (χ0v) is 8.21. The molecule has 2 rings (SSSR count). The zero-order valence-electron chi connectivity index (χ0n) is 8.21. The van der Waals surface area contributed by atoms with Crippen molar-refractivity contribution >= 4 is 5.69 Å².